The third-order valence-electron chi connectivity index (χ3n) is 3.08. The molecule has 0 spiro atoms. The normalized spacial score (nSPS) is 10.3. The third-order valence-corrected chi connectivity index (χ3v) is 3.08. The Morgan fingerprint density at radius 2 is 1.80 bits per heavy atom. The van der Waals surface area contributed by atoms with Gasteiger partial charge in [0.05, 0.1) is 20.1 Å². The molecule has 20 heavy (non-hydrogen) atoms. The number of carbonyl (C=O) groups is 1. The van der Waals surface area contributed by atoms with Crippen LogP contribution in [0.5, 0.6) is 0 Å². The van der Waals surface area contributed by atoms with E-state index in [9.17, 15) is 9.18 Å². The van der Waals surface area contributed by atoms with Gasteiger partial charge in [0, 0.05) is 0 Å². The van der Waals surface area contributed by atoms with Crippen molar-refractivity contribution in [3.05, 3.63) is 59.4 Å². The molecule has 0 aliphatic heterocycles. The van der Waals surface area contributed by atoms with Gasteiger partial charge in [0.2, 0.25) is 0 Å². The number of methoxy groups -OCH3 is 1. The van der Waals surface area contributed by atoms with Gasteiger partial charge in [-0.15, -0.1) is 0 Å². The van der Waals surface area contributed by atoms with E-state index in [1.807, 2.05) is 12.1 Å². The zero-order valence-electron chi connectivity index (χ0n) is 11.1. The van der Waals surface area contributed by atoms with E-state index in [4.69, 9.17) is 5.11 Å². The van der Waals surface area contributed by atoms with Gasteiger partial charge in [-0.2, -0.15) is 0 Å². The predicted octanol–water partition coefficient (Wildman–Crippen LogP) is 2.70. The Labute approximate surface area is 116 Å². The van der Waals surface area contributed by atoms with E-state index in [0.717, 1.165) is 16.7 Å². The first kappa shape index (κ1) is 14.2. The van der Waals surface area contributed by atoms with Gasteiger partial charge in [0.1, 0.15) is 5.82 Å². The van der Waals surface area contributed by atoms with E-state index < -0.39 is 11.8 Å². The van der Waals surface area contributed by atoms with Gasteiger partial charge in [0.15, 0.2) is 0 Å². The summed E-state index contributed by atoms with van der Waals surface area (Å²) < 4.78 is 18.2. The molecule has 2 rings (SSSR count). The number of benzene rings is 2. The van der Waals surface area contributed by atoms with Gasteiger partial charge in [-0.05, 0) is 34.4 Å². The van der Waals surface area contributed by atoms with Gasteiger partial charge >= 0.3 is 5.97 Å². The van der Waals surface area contributed by atoms with Crippen LogP contribution in [0.15, 0.2) is 42.5 Å². The molecule has 0 atom stereocenters. The molecule has 0 aliphatic rings. The number of rotatable bonds is 4. The Balaban J connectivity index is 2.32. The summed E-state index contributed by atoms with van der Waals surface area (Å²) in [6.07, 6.45) is -0.0924. The zero-order chi connectivity index (χ0) is 14.5. The molecule has 0 heterocycles. The van der Waals surface area contributed by atoms with Crippen LogP contribution in [-0.2, 0) is 22.6 Å². The van der Waals surface area contributed by atoms with E-state index in [1.165, 1.54) is 13.2 Å². The fourth-order valence-electron chi connectivity index (χ4n) is 1.92. The molecule has 2 aromatic carbocycles. The monoisotopic (exact) mass is 274 g/mol. The van der Waals surface area contributed by atoms with Gasteiger partial charge in [-0.3, -0.25) is 4.79 Å². The lowest BCUT2D eigenvalue weighted by atomic mass is 10.0. The van der Waals surface area contributed by atoms with Gasteiger partial charge < -0.3 is 9.84 Å². The highest BCUT2D eigenvalue weighted by Gasteiger charge is 2.10. The summed E-state index contributed by atoms with van der Waals surface area (Å²) >= 11 is 0. The maximum Gasteiger partial charge on any atom is 0.310 e. The summed E-state index contributed by atoms with van der Waals surface area (Å²) in [7, 11) is 1.28. The molecular weight excluding hydrogens is 259 g/mol. The smallest absolute Gasteiger partial charge is 0.310 e. The summed E-state index contributed by atoms with van der Waals surface area (Å²) in [4.78, 5) is 11.2. The van der Waals surface area contributed by atoms with Crippen molar-refractivity contribution in [2.24, 2.45) is 0 Å². The predicted molar refractivity (Wildman–Crippen MR) is 73.5 cm³/mol. The molecule has 0 amide bonds. The number of hydrogen-bond acceptors (Lipinski definition) is 3. The van der Waals surface area contributed by atoms with Crippen LogP contribution < -0.4 is 0 Å². The van der Waals surface area contributed by atoms with Gasteiger partial charge in [0.25, 0.3) is 0 Å². The van der Waals surface area contributed by atoms with Crippen LogP contribution >= 0.6 is 0 Å². The third kappa shape index (κ3) is 3.22. The van der Waals surface area contributed by atoms with Crippen molar-refractivity contribution in [3.63, 3.8) is 0 Å². The summed E-state index contributed by atoms with van der Waals surface area (Å²) in [5.41, 5.74) is 2.83. The lowest BCUT2D eigenvalue weighted by Crippen LogP contribution is -2.06. The summed E-state index contributed by atoms with van der Waals surface area (Å²) in [6, 6.07) is 11.9. The highest BCUT2D eigenvalue weighted by atomic mass is 19.1. The standard InChI is InChI=1S/C16H15FO3/c1-20-16(19)9-14-8-13(6-7-15(14)17)12-4-2-11(10-18)3-5-12/h2-8,18H,9-10H2,1H3. The Kier molecular flexibility index (Phi) is 4.48. The largest absolute Gasteiger partial charge is 0.469 e. The summed E-state index contributed by atoms with van der Waals surface area (Å²) in [6.45, 7) is -0.0166. The number of esters is 1. The van der Waals surface area contributed by atoms with E-state index in [-0.39, 0.29) is 13.0 Å². The second-order valence-corrected chi connectivity index (χ2v) is 4.41. The summed E-state index contributed by atoms with van der Waals surface area (Å²) in [5.74, 6) is -0.900. The topological polar surface area (TPSA) is 46.5 Å². The second-order valence-electron chi connectivity index (χ2n) is 4.41. The molecule has 0 bridgehead atoms. The average Bonchev–Trinajstić information content (AvgIpc) is 2.49. The number of aliphatic hydroxyl groups is 1. The molecule has 0 aliphatic carbocycles. The van der Waals surface area contributed by atoms with Crippen molar-refractivity contribution in [2.75, 3.05) is 7.11 Å². The average molecular weight is 274 g/mol. The molecular formula is C16H15FO3. The molecule has 0 saturated carbocycles. The number of aliphatic hydroxyl groups excluding tert-OH is 1. The molecule has 0 fully saturated rings. The molecule has 0 radical (unpaired) electrons. The van der Waals surface area contributed by atoms with E-state index in [0.29, 0.717) is 5.56 Å². The van der Waals surface area contributed by atoms with E-state index >= 15 is 0 Å². The minimum Gasteiger partial charge on any atom is -0.469 e. The van der Waals surface area contributed by atoms with Crippen LogP contribution in [0, 0.1) is 5.82 Å². The zero-order valence-corrected chi connectivity index (χ0v) is 11.1. The number of carbonyl (C=O) groups excluding carboxylic acids is 1. The number of ether oxygens (including phenoxy) is 1. The van der Waals surface area contributed by atoms with Crippen molar-refractivity contribution < 1.29 is 19.0 Å². The van der Waals surface area contributed by atoms with Gasteiger partial charge in [-0.25, -0.2) is 4.39 Å². The first-order valence-corrected chi connectivity index (χ1v) is 6.19. The van der Waals surface area contributed by atoms with E-state index in [2.05, 4.69) is 4.74 Å². The molecule has 3 nitrogen and oxygen atoms in total. The molecule has 0 saturated heterocycles. The Morgan fingerprint density at radius 1 is 1.15 bits per heavy atom. The van der Waals surface area contributed by atoms with Crippen LogP contribution in [0.1, 0.15) is 11.1 Å². The van der Waals surface area contributed by atoms with Crippen LogP contribution in [0.4, 0.5) is 4.39 Å². The Bertz CT molecular complexity index is 606. The minimum absolute atomic E-state index is 0.0166. The van der Waals surface area contributed by atoms with E-state index in [1.54, 1.807) is 24.3 Å². The quantitative estimate of drug-likeness (QED) is 0.872. The van der Waals surface area contributed by atoms with Crippen molar-refractivity contribution in [1.29, 1.82) is 0 Å². The molecule has 1 N–H and O–H groups in total. The summed E-state index contributed by atoms with van der Waals surface area (Å²) in [5, 5.41) is 9.00. The molecule has 2 aromatic rings. The van der Waals surface area contributed by atoms with Crippen LogP contribution in [0.3, 0.4) is 0 Å². The fraction of sp³-hybridized carbons (Fsp3) is 0.188. The fourth-order valence-corrected chi connectivity index (χ4v) is 1.92. The molecule has 104 valence electrons. The maximum atomic E-state index is 13.7. The van der Waals surface area contributed by atoms with Crippen molar-refractivity contribution in [3.8, 4) is 11.1 Å². The second kappa shape index (κ2) is 6.30. The van der Waals surface area contributed by atoms with Crippen molar-refractivity contribution >= 4 is 5.97 Å². The van der Waals surface area contributed by atoms with Gasteiger partial charge in [-0.1, -0.05) is 30.3 Å². The lowest BCUT2D eigenvalue weighted by molar-refractivity contribution is -0.139. The maximum absolute atomic E-state index is 13.7. The molecule has 0 aromatic heterocycles. The van der Waals surface area contributed by atoms with Crippen molar-refractivity contribution in [1.82, 2.24) is 0 Å². The number of hydrogen-bond donors (Lipinski definition) is 1. The van der Waals surface area contributed by atoms with Crippen LogP contribution in [-0.4, -0.2) is 18.2 Å². The SMILES string of the molecule is COC(=O)Cc1cc(-c2ccc(CO)cc2)ccc1F. The van der Waals surface area contributed by atoms with Crippen LogP contribution in [0.2, 0.25) is 0 Å². The van der Waals surface area contributed by atoms with Crippen LogP contribution in [0.25, 0.3) is 11.1 Å². The first-order valence-electron chi connectivity index (χ1n) is 6.19. The Morgan fingerprint density at radius 3 is 2.40 bits per heavy atom. The lowest BCUT2D eigenvalue weighted by Gasteiger charge is -2.07. The Hall–Kier alpha value is -2.20. The first-order chi connectivity index (χ1) is 9.63. The molecule has 4 heteroatoms. The minimum atomic E-state index is -0.475. The van der Waals surface area contributed by atoms with Crippen molar-refractivity contribution in [2.45, 2.75) is 13.0 Å². The molecule has 0 unspecified atom stereocenters. The highest BCUT2D eigenvalue weighted by molar-refractivity contribution is 5.74. The number of halogens is 1. The highest BCUT2D eigenvalue weighted by Crippen LogP contribution is 2.23.